The lowest BCUT2D eigenvalue weighted by Crippen LogP contribution is -2.10. The number of carbonyl (C=O) groups is 1. The number of rotatable bonds is 5. The topological polar surface area (TPSA) is 78.9 Å². The van der Waals surface area contributed by atoms with E-state index in [0.717, 1.165) is 0 Å². The zero-order valence-corrected chi connectivity index (χ0v) is 14.8. The van der Waals surface area contributed by atoms with Gasteiger partial charge in [-0.05, 0) is 43.3 Å². The summed E-state index contributed by atoms with van der Waals surface area (Å²) in [6.07, 6.45) is 2.64. The number of methoxy groups -OCH3 is 1. The predicted octanol–water partition coefficient (Wildman–Crippen LogP) is 4.12. The van der Waals surface area contributed by atoms with Crippen LogP contribution in [0, 0.1) is 6.92 Å². The molecule has 0 spiro atoms. The molecule has 2 aromatic heterocycles. The minimum atomic E-state index is -0.521. The number of hydrogen-bond donors (Lipinski definition) is 0. The normalized spacial score (nSPS) is 11.2. The highest BCUT2D eigenvalue weighted by Gasteiger charge is 2.20. The van der Waals surface area contributed by atoms with Gasteiger partial charge in [0.05, 0.1) is 12.5 Å². The van der Waals surface area contributed by atoms with Gasteiger partial charge in [0, 0.05) is 11.1 Å². The Kier molecular flexibility index (Phi) is 5.14. The Bertz CT molecular complexity index is 1040. The highest BCUT2D eigenvalue weighted by atomic mass is 35.5. The Hall–Kier alpha value is -2.99. The average Bonchev–Trinajstić information content (AvgIpc) is 3.06. The molecule has 0 aliphatic heterocycles. The van der Waals surface area contributed by atoms with Gasteiger partial charge in [-0.1, -0.05) is 11.6 Å². The van der Waals surface area contributed by atoms with Gasteiger partial charge in [0.25, 0.3) is 0 Å². The number of ether oxygens (including phenoxy) is 2. The van der Waals surface area contributed by atoms with Crippen LogP contribution in [0.1, 0.15) is 5.76 Å². The first-order chi connectivity index (χ1) is 12.5. The molecule has 0 aliphatic carbocycles. The Morgan fingerprint density at radius 1 is 1.23 bits per heavy atom. The van der Waals surface area contributed by atoms with Gasteiger partial charge < -0.3 is 18.3 Å². The van der Waals surface area contributed by atoms with E-state index in [9.17, 15) is 9.59 Å². The molecule has 1 aromatic carbocycles. The number of esters is 1. The van der Waals surface area contributed by atoms with Crippen molar-refractivity contribution < 1.29 is 23.1 Å². The summed E-state index contributed by atoms with van der Waals surface area (Å²) in [6.45, 7) is 1.75. The van der Waals surface area contributed by atoms with Gasteiger partial charge in [0.15, 0.2) is 5.76 Å². The van der Waals surface area contributed by atoms with Crippen molar-refractivity contribution in [1.29, 1.82) is 0 Å². The molecule has 3 aromatic rings. The first-order valence-corrected chi connectivity index (χ1v) is 8.08. The molecule has 0 unspecified atom stereocenters. The molecule has 6 nitrogen and oxygen atoms in total. The molecule has 0 saturated heterocycles. The van der Waals surface area contributed by atoms with Gasteiger partial charge in [0.1, 0.15) is 18.0 Å². The third kappa shape index (κ3) is 3.65. The molecular formula is C19H15ClO6. The Labute approximate surface area is 153 Å². The van der Waals surface area contributed by atoms with Gasteiger partial charge in [-0.15, -0.1) is 0 Å². The van der Waals surface area contributed by atoms with Gasteiger partial charge >= 0.3 is 5.97 Å². The standard InChI is InChI=1S/C19H15ClO6/c1-11-5-7-15(25-11)18-19(24-9-3-4-16(21)23-2)17(22)13-10-12(20)6-8-14(13)26-18/h3-8,10H,9H2,1-2H3/b4-3+. The number of carbonyl (C=O) groups excluding carboxylic acids is 1. The largest absolute Gasteiger partial charge is 0.482 e. The van der Waals surface area contributed by atoms with Crippen molar-refractivity contribution in [2.75, 3.05) is 13.7 Å². The van der Waals surface area contributed by atoms with E-state index < -0.39 is 5.97 Å². The maximum atomic E-state index is 12.9. The molecule has 0 radical (unpaired) electrons. The minimum absolute atomic E-state index is 0.0244. The molecule has 0 N–H and O–H groups in total. The van der Waals surface area contributed by atoms with E-state index in [0.29, 0.717) is 22.1 Å². The number of furan rings is 1. The summed E-state index contributed by atoms with van der Waals surface area (Å²) in [5.41, 5.74) is -0.0230. The molecule has 134 valence electrons. The second kappa shape index (κ2) is 7.49. The van der Waals surface area contributed by atoms with Crippen molar-refractivity contribution in [2.24, 2.45) is 0 Å². The van der Waals surface area contributed by atoms with E-state index >= 15 is 0 Å². The van der Waals surface area contributed by atoms with E-state index in [2.05, 4.69) is 4.74 Å². The monoisotopic (exact) mass is 374 g/mol. The molecule has 0 bridgehead atoms. The first-order valence-electron chi connectivity index (χ1n) is 7.70. The quantitative estimate of drug-likeness (QED) is 0.493. The van der Waals surface area contributed by atoms with Crippen LogP contribution >= 0.6 is 11.6 Å². The predicted molar refractivity (Wildman–Crippen MR) is 96.6 cm³/mol. The maximum absolute atomic E-state index is 12.9. The molecule has 3 rings (SSSR count). The highest BCUT2D eigenvalue weighted by Crippen LogP contribution is 2.32. The lowest BCUT2D eigenvalue weighted by atomic mass is 10.2. The maximum Gasteiger partial charge on any atom is 0.330 e. The smallest absolute Gasteiger partial charge is 0.330 e. The lowest BCUT2D eigenvalue weighted by molar-refractivity contribution is -0.134. The van der Waals surface area contributed by atoms with Crippen LogP contribution in [-0.4, -0.2) is 19.7 Å². The van der Waals surface area contributed by atoms with Crippen molar-refractivity contribution in [2.45, 2.75) is 6.92 Å². The third-order valence-corrected chi connectivity index (χ3v) is 3.79. The zero-order chi connectivity index (χ0) is 18.7. The van der Waals surface area contributed by atoms with Crippen LogP contribution in [0.4, 0.5) is 0 Å². The van der Waals surface area contributed by atoms with E-state index in [1.807, 2.05) is 0 Å². The molecule has 0 atom stereocenters. The van der Waals surface area contributed by atoms with Crippen LogP contribution in [0.3, 0.4) is 0 Å². The molecule has 0 amide bonds. The molecule has 0 aliphatic rings. The number of hydrogen-bond acceptors (Lipinski definition) is 6. The van der Waals surface area contributed by atoms with Crippen molar-refractivity contribution in [3.8, 4) is 17.3 Å². The molecular weight excluding hydrogens is 360 g/mol. The summed E-state index contributed by atoms with van der Waals surface area (Å²) in [4.78, 5) is 24.0. The summed E-state index contributed by atoms with van der Waals surface area (Å²) in [6, 6.07) is 8.19. The summed E-state index contributed by atoms with van der Waals surface area (Å²) in [7, 11) is 1.27. The van der Waals surface area contributed by atoms with Gasteiger partial charge in [0.2, 0.25) is 16.9 Å². The second-order valence-corrected chi connectivity index (χ2v) is 5.81. The minimum Gasteiger partial charge on any atom is -0.482 e. The molecule has 7 heteroatoms. The van der Waals surface area contributed by atoms with Gasteiger partial charge in [-0.2, -0.15) is 0 Å². The van der Waals surface area contributed by atoms with Crippen LogP contribution in [-0.2, 0) is 9.53 Å². The molecule has 2 heterocycles. The highest BCUT2D eigenvalue weighted by molar-refractivity contribution is 6.31. The molecule has 26 heavy (non-hydrogen) atoms. The van der Waals surface area contributed by atoms with Crippen LogP contribution in [0.25, 0.3) is 22.5 Å². The zero-order valence-electron chi connectivity index (χ0n) is 14.1. The van der Waals surface area contributed by atoms with Crippen LogP contribution in [0.15, 0.2) is 56.1 Å². The molecule has 0 saturated carbocycles. The summed E-state index contributed by atoms with van der Waals surface area (Å²) < 4.78 is 21.5. The van der Waals surface area contributed by atoms with Crippen LogP contribution in [0.2, 0.25) is 5.02 Å². The van der Waals surface area contributed by atoms with Crippen molar-refractivity contribution >= 4 is 28.5 Å². The Morgan fingerprint density at radius 3 is 2.73 bits per heavy atom. The van der Waals surface area contributed by atoms with Crippen molar-refractivity contribution in [1.82, 2.24) is 0 Å². The second-order valence-electron chi connectivity index (χ2n) is 5.38. The fourth-order valence-corrected chi connectivity index (χ4v) is 2.52. The Morgan fingerprint density at radius 2 is 2.04 bits per heavy atom. The lowest BCUT2D eigenvalue weighted by Gasteiger charge is -2.09. The van der Waals surface area contributed by atoms with E-state index in [-0.39, 0.29) is 28.9 Å². The first kappa shape index (κ1) is 17.8. The van der Waals surface area contributed by atoms with Gasteiger partial charge in [-0.3, -0.25) is 4.79 Å². The Balaban J connectivity index is 2.08. The third-order valence-electron chi connectivity index (χ3n) is 3.55. The van der Waals surface area contributed by atoms with Crippen molar-refractivity contribution in [3.05, 3.63) is 63.5 Å². The number of benzene rings is 1. The molecule has 0 fully saturated rings. The van der Waals surface area contributed by atoms with Crippen LogP contribution in [0.5, 0.6) is 5.75 Å². The average molecular weight is 375 g/mol. The van der Waals surface area contributed by atoms with E-state index in [1.54, 1.807) is 31.2 Å². The van der Waals surface area contributed by atoms with Gasteiger partial charge in [-0.25, -0.2) is 4.79 Å². The van der Waals surface area contributed by atoms with E-state index in [1.165, 1.54) is 25.3 Å². The number of halogens is 1. The van der Waals surface area contributed by atoms with Crippen molar-refractivity contribution in [3.63, 3.8) is 0 Å². The summed E-state index contributed by atoms with van der Waals surface area (Å²) in [5, 5.41) is 0.694. The fourth-order valence-electron chi connectivity index (χ4n) is 2.34. The number of aryl methyl sites for hydroxylation is 1. The summed E-state index contributed by atoms with van der Waals surface area (Å²) >= 11 is 5.98. The number of fused-ring (bicyclic) bond motifs is 1. The SMILES string of the molecule is COC(=O)/C=C/COc1c(-c2ccc(C)o2)oc2ccc(Cl)cc2c1=O. The van der Waals surface area contributed by atoms with Crippen LogP contribution < -0.4 is 10.2 Å². The summed E-state index contributed by atoms with van der Waals surface area (Å²) in [5.74, 6) is 0.652. The van der Waals surface area contributed by atoms with E-state index in [4.69, 9.17) is 25.2 Å². The fraction of sp³-hybridized carbons (Fsp3) is 0.158.